The fraction of sp³-hybridized carbons (Fsp3) is 0.118. The minimum atomic E-state index is -3.72. The Labute approximate surface area is 141 Å². The fourth-order valence-corrected chi connectivity index (χ4v) is 2.67. The number of ether oxygens (including phenoxy) is 2. The third-order valence-corrected chi connectivity index (χ3v) is 4.38. The van der Waals surface area contributed by atoms with E-state index < -0.39 is 10.0 Å². The van der Waals surface area contributed by atoms with E-state index in [0.29, 0.717) is 17.1 Å². The zero-order chi connectivity index (χ0) is 17.6. The van der Waals surface area contributed by atoms with Crippen molar-refractivity contribution in [3.63, 3.8) is 0 Å². The molecule has 6 nitrogen and oxygen atoms in total. The first-order chi connectivity index (χ1) is 11.5. The summed E-state index contributed by atoms with van der Waals surface area (Å²) in [6.07, 6.45) is 2.62. The molecule has 126 valence electrons. The molecule has 0 saturated carbocycles. The first-order valence-corrected chi connectivity index (χ1v) is 8.52. The second kappa shape index (κ2) is 7.65. The summed E-state index contributed by atoms with van der Waals surface area (Å²) in [5, 5.41) is 3.79. The van der Waals surface area contributed by atoms with Crippen molar-refractivity contribution in [1.82, 2.24) is 4.83 Å². The SMILES string of the molecule is C=COc1cc(OC)ccc1/C=N/NS(=O)(=O)c1ccc(C)cc1. The van der Waals surface area contributed by atoms with Gasteiger partial charge in [0.2, 0.25) is 0 Å². The molecule has 0 bridgehead atoms. The van der Waals surface area contributed by atoms with Crippen molar-refractivity contribution in [2.24, 2.45) is 5.10 Å². The minimum Gasteiger partial charge on any atom is -0.497 e. The van der Waals surface area contributed by atoms with Crippen molar-refractivity contribution >= 4 is 16.2 Å². The normalized spacial score (nSPS) is 11.2. The van der Waals surface area contributed by atoms with Crippen molar-refractivity contribution in [3.8, 4) is 11.5 Å². The molecule has 2 aromatic rings. The molecule has 2 rings (SSSR count). The van der Waals surface area contributed by atoms with Crippen molar-refractivity contribution in [2.45, 2.75) is 11.8 Å². The molecule has 1 N–H and O–H groups in total. The quantitative estimate of drug-likeness (QED) is 0.475. The maximum Gasteiger partial charge on any atom is 0.276 e. The second-order valence-electron chi connectivity index (χ2n) is 4.85. The molecule has 0 saturated heterocycles. The fourth-order valence-electron chi connectivity index (χ4n) is 1.88. The number of methoxy groups -OCH3 is 1. The van der Waals surface area contributed by atoms with Crippen LogP contribution in [-0.4, -0.2) is 21.7 Å². The van der Waals surface area contributed by atoms with Gasteiger partial charge in [-0.2, -0.15) is 13.5 Å². The van der Waals surface area contributed by atoms with Crippen molar-refractivity contribution < 1.29 is 17.9 Å². The molecule has 0 heterocycles. The van der Waals surface area contributed by atoms with Crippen molar-refractivity contribution in [1.29, 1.82) is 0 Å². The summed E-state index contributed by atoms with van der Waals surface area (Å²) in [5.41, 5.74) is 1.55. The molecule has 0 atom stereocenters. The topological polar surface area (TPSA) is 77.0 Å². The van der Waals surface area contributed by atoms with Gasteiger partial charge in [-0.05, 0) is 31.2 Å². The smallest absolute Gasteiger partial charge is 0.276 e. The number of hydrogen-bond acceptors (Lipinski definition) is 5. The molecule has 0 aromatic heterocycles. The summed E-state index contributed by atoms with van der Waals surface area (Å²) >= 11 is 0. The molecule has 24 heavy (non-hydrogen) atoms. The summed E-state index contributed by atoms with van der Waals surface area (Å²) < 4.78 is 34.7. The molecular formula is C17H18N2O4S. The molecule has 0 radical (unpaired) electrons. The summed E-state index contributed by atoms with van der Waals surface area (Å²) in [7, 11) is -2.18. The van der Waals surface area contributed by atoms with Crippen molar-refractivity contribution in [2.75, 3.05) is 7.11 Å². The molecule has 0 amide bonds. The van der Waals surface area contributed by atoms with E-state index in [1.165, 1.54) is 31.7 Å². The van der Waals surface area contributed by atoms with Crippen LogP contribution in [-0.2, 0) is 10.0 Å². The molecule has 2 aromatic carbocycles. The highest BCUT2D eigenvalue weighted by Gasteiger charge is 2.12. The first-order valence-electron chi connectivity index (χ1n) is 7.03. The molecule has 0 spiro atoms. The Hall–Kier alpha value is -2.80. The average Bonchev–Trinajstić information content (AvgIpc) is 2.56. The Bertz CT molecular complexity index is 843. The van der Waals surface area contributed by atoms with Gasteiger partial charge < -0.3 is 9.47 Å². The van der Waals surface area contributed by atoms with Gasteiger partial charge in [0.05, 0.1) is 24.5 Å². The Morgan fingerprint density at radius 1 is 1.17 bits per heavy atom. The third-order valence-electron chi connectivity index (χ3n) is 3.14. The summed E-state index contributed by atoms with van der Waals surface area (Å²) in [5.74, 6) is 1.05. The molecule has 0 unspecified atom stereocenters. The lowest BCUT2D eigenvalue weighted by Crippen LogP contribution is -2.18. The highest BCUT2D eigenvalue weighted by molar-refractivity contribution is 7.89. The molecule has 0 aliphatic rings. The zero-order valence-corrected chi connectivity index (χ0v) is 14.2. The van der Waals surface area contributed by atoms with E-state index in [0.717, 1.165) is 5.56 Å². The monoisotopic (exact) mass is 346 g/mol. The molecular weight excluding hydrogens is 328 g/mol. The second-order valence-corrected chi connectivity index (χ2v) is 6.52. The third kappa shape index (κ3) is 4.36. The van der Waals surface area contributed by atoms with Crippen molar-refractivity contribution in [3.05, 3.63) is 66.4 Å². The lowest BCUT2D eigenvalue weighted by atomic mass is 10.2. The standard InChI is InChI=1S/C17H18N2O4S/c1-4-23-17-11-15(22-3)8-7-14(17)12-18-19-24(20,21)16-9-5-13(2)6-10-16/h4-12,19H,1H2,2-3H3/b18-12+. The van der Waals surface area contributed by atoms with Crippen LogP contribution in [0.15, 0.2) is 65.3 Å². The highest BCUT2D eigenvalue weighted by Crippen LogP contribution is 2.23. The van der Waals surface area contributed by atoms with E-state index in [-0.39, 0.29) is 4.90 Å². The van der Waals surface area contributed by atoms with E-state index in [1.54, 1.807) is 30.3 Å². The molecule has 0 aliphatic carbocycles. The van der Waals surface area contributed by atoms with Crippen LogP contribution in [0.4, 0.5) is 0 Å². The number of sulfonamides is 1. The van der Waals surface area contributed by atoms with E-state index >= 15 is 0 Å². The predicted octanol–water partition coefficient (Wildman–Crippen LogP) is 2.84. The van der Waals surface area contributed by atoms with Gasteiger partial charge in [-0.15, -0.1) is 0 Å². The van der Waals surface area contributed by atoms with Gasteiger partial charge in [0.1, 0.15) is 11.5 Å². The zero-order valence-electron chi connectivity index (χ0n) is 13.4. The minimum absolute atomic E-state index is 0.141. The highest BCUT2D eigenvalue weighted by atomic mass is 32.2. The average molecular weight is 346 g/mol. The summed E-state index contributed by atoms with van der Waals surface area (Å²) in [4.78, 5) is 2.31. The number of rotatable bonds is 7. The lowest BCUT2D eigenvalue weighted by Gasteiger charge is -2.07. The number of hydrogen-bond donors (Lipinski definition) is 1. The van der Waals surface area contributed by atoms with Crippen LogP contribution in [0.3, 0.4) is 0 Å². The van der Waals surface area contributed by atoms with E-state index in [2.05, 4.69) is 16.5 Å². The van der Waals surface area contributed by atoms with Crippen LogP contribution >= 0.6 is 0 Å². The molecule has 0 fully saturated rings. The van der Waals surface area contributed by atoms with Gasteiger partial charge in [0.25, 0.3) is 10.0 Å². The molecule has 7 heteroatoms. The summed E-state index contributed by atoms with van der Waals surface area (Å²) in [6, 6.07) is 11.5. The van der Waals surface area contributed by atoms with Crippen LogP contribution in [0.1, 0.15) is 11.1 Å². The van der Waals surface area contributed by atoms with E-state index in [4.69, 9.17) is 9.47 Å². The number of benzene rings is 2. The Morgan fingerprint density at radius 2 is 1.88 bits per heavy atom. The number of nitrogens with one attached hydrogen (secondary N) is 1. The lowest BCUT2D eigenvalue weighted by molar-refractivity contribution is 0.409. The van der Waals surface area contributed by atoms with Crippen LogP contribution < -0.4 is 14.3 Å². The number of hydrazone groups is 1. The van der Waals surface area contributed by atoms with Gasteiger partial charge in [-0.1, -0.05) is 24.3 Å². The van der Waals surface area contributed by atoms with Gasteiger partial charge in [-0.25, -0.2) is 4.83 Å². The summed E-state index contributed by atoms with van der Waals surface area (Å²) in [6.45, 7) is 5.38. The Morgan fingerprint density at radius 3 is 2.50 bits per heavy atom. The van der Waals surface area contributed by atoms with Crippen LogP contribution in [0.5, 0.6) is 11.5 Å². The van der Waals surface area contributed by atoms with Gasteiger partial charge >= 0.3 is 0 Å². The van der Waals surface area contributed by atoms with Crippen LogP contribution in [0, 0.1) is 6.92 Å². The maximum absolute atomic E-state index is 12.2. The number of aryl methyl sites for hydroxylation is 1. The van der Waals surface area contributed by atoms with Crippen LogP contribution in [0.25, 0.3) is 0 Å². The van der Waals surface area contributed by atoms with Gasteiger partial charge in [0.15, 0.2) is 0 Å². The van der Waals surface area contributed by atoms with E-state index in [1.807, 2.05) is 6.92 Å². The van der Waals surface area contributed by atoms with E-state index in [9.17, 15) is 8.42 Å². The predicted molar refractivity (Wildman–Crippen MR) is 92.9 cm³/mol. The van der Waals surface area contributed by atoms with Gasteiger partial charge in [0, 0.05) is 11.6 Å². The number of nitrogens with zero attached hydrogens (tertiary/aromatic N) is 1. The Balaban J connectivity index is 2.19. The van der Waals surface area contributed by atoms with Crippen LogP contribution in [0.2, 0.25) is 0 Å². The first kappa shape index (κ1) is 17.6. The Kier molecular flexibility index (Phi) is 5.59. The molecule has 0 aliphatic heterocycles. The van der Waals surface area contributed by atoms with Gasteiger partial charge in [-0.3, -0.25) is 0 Å². The largest absolute Gasteiger partial charge is 0.497 e. The maximum atomic E-state index is 12.2.